The van der Waals surface area contributed by atoms with E-state index < -0.39 is 0 Å². The summed E-state index contributed by atoms with van der Waals surface area (Å²) in [4.78, 5) is 0. The molecule has 0 heterocycles. The fourth-order valence-electron chi connectivity index (χ4n) is 3.92. The van der Waals surface area contributed by atoms with Crippen LogP contribution in [0.15, 0.2) is 12.2 Å². The highest BCUT2D eigenvalue weighted by Gasteiger charge is 2.21. The van der Waals surface area contributed by atoms with Gasteiger partial charge in [0, 0.05) is 0 Å². The van der Waals surface area contributed by atoms with Gasteiger partial charge >= 0.3 is 0 Å². The van der Waals surface area contributed by atoms with Crippen LogP contribution in [0.25, 0.3) is 0 Å². The van der Waals surface area contributed by atoms with E-state index in [1.807, 2.05) is 0 Å². The second-order valence-corrected chi connectivity index (χ2v) is 8.25. The number of unbranched alkanes of at least 4 members (excludes halogenated alkanes) is 6. The van der Waals surface area contributed by atoms with E-state index >= 15 is 0 Å². The van der Waals surface area contributed by atoms with E-state index in [0.29, 0.717) is 0 Å². The lowest BCUT2D eigenvalue weighted by Crippen LogP contribution is -2.17. The van der Waals surface area contributed by atoms with E-state index in [4.69, 9.17) is 0 Å². The molecule has 0 bridgehead atoms. The molecule has 24 heavy (non-hydrogen) atoms. The van der Waals surface area contributed by atoms with Crippen LogP contribution in [0.4, 0.5) is 0 Å². The molecule has 144 valence electrons. The van der Waals surface area contributed by atoms with Gasteiger partial charge in [-0.15, -0.1) is 0 Å². The summed E-state index contributed by atoms with van der Waals surface area (Å²) < 4.78 is 0. The minimum atomic E-state index is 0.870. The summed E-state index contributed by atoms with van der Waals surface area (Å²) in [6.45, 7) is 16.1. The van der Waals surface area contributed by atoms with Crippen molar-refractivity contribution in [2.75, 3.05) is 0 Å². The van der Waals surface area contributed by atoms with Crippen LogP contribution in [-0.2, 0) is 0 Å². The first-order valence-electron chi connectivity index (χ1n) is 11.2. The molecule has 0 heteroatoms. The van der Waals surface area contributed by atoms with E-state index in [0.717, 1.165) is 24.2 Å². The number of rotatable bonds is 17. The van der Waals surface area contributed by atoms with Gasteiger partial charge in [-0.1, -0.05) is 117 Å². The van der Waals surface area contributed by atoms with Gasteiger partial charge < -0.3 is 0 Å². The third-order valence-corrected chi connectivity index (χ3v) is 6.05. The van der Waals surface area contributed by atoms with Gasteiger partial charge in [-0.3, -0.25) is 0 Å². The van der Waals surface area contributed by atoms with Crippen molar-refractivity contribution in [2.24, 2.45) is 17.8 Å². The first-order valence-corrected chi connectivity index (χ1v) is 11.2. The number of hydrogen-bond donors (Lipinski definition) is 0. The van der Waals surface area contributed by atoms with Crippen LogP contribution in [0.5, 0.6) is 0 Å². The van der Waals surface area contributed by atoms with Gasteiger partial charge in [-0.05, 0) is 37.0 Å². The zero-order valence-corrected chi connectivity index (χ0v) is 17.8. The first kappa shape index (κ1) is 23.7. The second-order valence-electron chi connectivity index (χ2n) is 8.25. The van der Waals surface area contributed by atoms with Crippen molar-refractivity contribution in [2.45, 2.75) is 125 Å². The molecule has 0 N–H and O–H groups in total. The SMILES string of the molecule is C=C(CC)CC(CC(CC)CCCC)C(C)CCCCCCCC. The standard InChI is InChI=1S/C24H48/c1-7-11-13-14-15-16-17-22(6)24(19-21(5)9-3)20-23(10-4)18-12-8-2/h22-24H,5,7-20H2,1-4,6H3. The molecule has 0 saturated heterocycles. The molecule has 0 fully saturated rings. The average Bonchev–Trinajstić information content (AvgIpc) is 2.60. The number of allylic oxidation sites excluding steroid dienone is 1. The summed E-state index contributed by atoms with van der Waals surface area (Å²) in [5, 5.41) is 0. The molecule has 0 spiro atoms. The maximum Gasteiger partial charge on any atom is -0.0292 e. The van der Waals surface area contributed by atoms with Gasteiger partial charge in [0.1, 0.15) is 0 Å². The highest BCUT2D eigenvalue weighted by atomic mass is 14.3. The molecule has 0 aliphatic heterocycles. The Balaban J connectivity index is 4.37. The maximum absolute atomic E-state index is 4.32. The van der Waals surface area contributed by atoms with Crippen molar-refractivity contribution < 1.29 is 0 Å². The minimum Gasteiger partial charge on any atom is -0.0999 e. The lowest BCUT2D eigenvalue weighted by molar-refractivity contribution is 0.247. The Bertz CT molecular complexity index is 278. The van der Waals surface area contributed by atoms with Crippen LogP contribution in [0, 0.1) is 17.8 Å². The normalized spacial score (nSPS) is 15.2. The quantitative estimate of drug-likeness (QED) is 0.184. The molecule has 0 aromatic heterocycles. The zero-order chi connectivity index (χ0) is 18.2. The van der Waals surface area contributed by atoms with Gasteiger partial charge in [0.15, 0.2) is 0 Å². The van der Waals surface area contributed by atoms with Gasteiger partial charge in [0.25, 0.3) is 0 Å². The molecule has 0 radical (unpaired) electrons. The largest absolute Gasteiger partial charge is 0.0999 e. The predicted octanol–water partition coefficient (Wildman–Crippen LogP) is 8.95. The van der Waals surface area contributed by atoms with Gasteiger partial charge in [0.05, 0.1) is 0 Å². The van der Waals surface area contributed by atoms with Crippen LogP contribution >= 0.6 is 0 Å². The molecule has 0 aliphatic rings. The molecule has 0 aromatic carbocycles. The summed E-state index contributed by atoms with van der Waals surface area (Å²) in [7, 11) is 0. The Morgan fingerprint density at radius 3 is 2.00 bits per heavy atom. The van der Waals surface area contributed by atoms with E-state index in [-0.39, 0.29) is 0 Å². The third-order valence-electron chi connectivity index (χ3n) is 6.05. The lowest BCUT2D eigenvalue weighted by atomic mass is 9.77. The first-order chi connectivity index (χ1) is 11.6. The molecular weight excluding hydrogens is 288 g/mol. The van der Waals surface area contributed by atoms with E-state index in [1.165, 1.54) is 89.0 Å². The molecule has 0 saturated carbocycles. The summed E-state index contributed by atoms with van der Waals surface area (Å²) in [5.41, 5.74) is 1.47. The van der Waals surface area contributed by atoms with Crippen molar-refractivity contribution in [1.29, 1.82) is 0 Å². The monoisotopic (exact) mass is 336 g/mol. The van der Waals surface area contributed by atoms with Crippen molar-refractivity contribution in [3.8, 4) is 0 Å². The van der Waals surface area contributed by atoms with Crippen molar-refractivity contribution >= 4 is 0 Å². The summed E-state index contributed by atoms with van der Waals surface area (Å²) in [6, 6.07) is 0. The molecular formula is C24H48. The average molecular weight is 337 g/mol. The molecule has 0 aliphatic carbocycles. The Morgan fingerprint density at radius 1 is 0.792 bits per heavy atom. The molecule has 3 unspecified atom stereocenters. The molecule has 3 atom stereocenters. The third kappa shape index (κ3) is 12.2. The molecule has 0 rings (SSSR count). The van der Waals surface area contributed by atoms with Gasteiger partial charge in [0.2, 0.25) is 0 Å². The summed E-state index contributed by atoms with van der Waals surface area (Å²) >= 11 is 0. The van der Waals surface area contributed by atoms with E-state index in [2.05, 4.69) is 41.2 Å². The lowest BCUT2D eigenvalue weighted by Gasteiger charge is -2.29. The Labute approximate surface area is 154 Å². The molecule has 0 nitrogen and oxygen atoms in total. The minimum absolute atomic E-state index is 0.870. The van der Waals surface area contributed by atoms with Crippen molar-refractivity contribution in [1.82, 2.24) is 0 Å². The van der Waals surface area contributed by atoms with Crippen molar-refractivity contribution in [3.63, 3.8) is 0 Å². The van der Waals surface area contributed by atoms with Crippen LogP contribution in [0.3, 0.4) is 0 Å². The van der Waals surface area contributed by atoms with Crippen molar-refractivity contribution in [3.05, 3.63) is 12.2 Å². The Kier molecular flexibility index (Phi) is 16.0. The van der Waals surface area contributed by atoms with E-state index in [9.17, 15) is 0 Å². The predicted molar refractivity (Wildman–Crippen MR) is 113 cm³/mol. The van der Waals surface area contributed by atoms with Crippen LogP contribution in [0.2, 0.25) is 0 Å². The molecule has 0 aromatic rings. The smallest absolute Gasteiger partial charge is 0.0292 e. The Hall–Kier alpha value is -0.260. The van der Waals surface area contributed by atoms with Gasteiger partial charge in [-0.25, -0.2) is 0 Å². The topological polar surface area (TPSA) is 0 Å². The fraction of sp³-hybridized carbons (Fsp3) is 0.917. The second kappa shape index (κ2) is 16.2. The highest BCUT2D eigenvalue weighted by molar-refractivity contribution is 4.95. The van der Waals surface area contributed by atoms with Crippen LogP contribution in [0.1, 0.15) is 125 Å². The zero-order valence-electron chi connectivity index (χ0n) is 17.8. The van der Waals surface area contributed by atoms with Gasteiger partial charge in [-0.2, -0.15) is 0 Å². The van der Waals surface area contributed by atoms with Crippen LogP contribution < -0.4 is 0 Å². The summed E-state index contributed by atoms with van der Waals surface area (Å²) in [6.07, 6.45) is 19.4. The molecule has 0 amide bonds. The summed E-state index contributed by atoms with van der Waals surface area (Å²) in [5.74, 6) is 2.68. The van der Waals surface area contributed by atoms with E-state index in [1.54, 1.807) is 0 Å². The Morgan fingerprint density at radius 2 is 1.42 bits per heavy atom. The highest BCUT2D eigenvalue weighted by Crippen LogP contribution is 2.33. The number of hydrogen-bond acceptors (Lipinski definition) is 0. The van der Waals surface area contributed by atoms with Crippen LogP contribution in [-0.4, -0.2) is 0 Å². The fourth-order valence-corrected chi connectivity index (χ4v) is 3.92. The maximum atomic E-state index is 4.32.